The average Bonchev–Trinajstić information content (AvgIpc) is 2.66. The number of methoxy groups -OCH3 is 2. The van der Waals surface area contributed by atoms with E-state index in [2.05, 4.69) is 10.0 Å². The van der Waals surface area contributed by atoms with Gasteiger partial charge in [-0.05, 0) is 43.3 Å². The lowest BCUT2D eigenvalue weighted by Gasteiger charge is -2.15. The first-order valence-corrected chi connectivity index (χ1v) is 11.2. The summed E-state index contributed by atoms with van der Waals surface area (Å²) >= 11 is 0. The minimum absolute atomic E-state index is 0.104. The number of nitrogens with two attached hydrogens (primary N) is 1. The third-order valence-electron chi connectivity index (χ3n) is 3.84. The number of ether oxygens (including phenoxy) is 2. The van der Waals surface area contributed by atoms with E-state index < -0.39 is 32.0 Å². The zero-order chi connectivity index (χ0) is 21.8. The first-order chi connectivity index (χ1) is 13.5. The molecule has 10 nitrogen and oxygen atoms in total. The molecule has 0 saturated heterocycles. The van der Waals surface area contributed by atoms with Gasteiger partial charge in [-0.1, -0.05) is 0 Å². The van der Waals surface area contributed by atoms with Crippen LogP contribution in [0.25, 0.3) is 0 Å². The Kier molecular flexibility index (Phi) is 6.85. The Morgan fingerprint density at radius 3 is 2.00 bits per heavy atom. The van der Waals surface area contributed by atoms with Crippen molar-refractivity contribution in [2.45, 2.75) is 22.8 Å². The van der Waals surface area contributed by atoms with E-state index in [4.69, 9.17) is 14.6 Å². The van der Waals surface area contributed by atoms with Gasteiger partial charge in [0, 0.05) is 11.8 Å². The molecule has 2 aromatic rings. The van der Waals surface area contributed by atoms with E-state index in [0.29, 0.717) is 5.75 Å². The van der Waals surface area contributed by atoms with Gasteiger partial charge < -0.3 is 14.8 Å². The maximum Gasteiger partial charge on any atom is 0.242 e. The number of rotatable bonds is 8. The molecule has 1 atom stereocenters. The quantitative estimate of drug-likeness (QED) is 0.541. The molecule has 0 unspecified atom stereocenters. The highest BCUT2D eigenvalue weighted by atomic mass is 32.2. The minimum atomic E-state index is -4.02. The van der Waals surface area contributed by atoms with E-state index in [0.717, 1.165) is 0 Å². The SMILES string of the molecule is COc1ccc(S(=O)(=O)N[C@@H](C)C(=O)Nc2ccc(S(N)(=O)=O)cc2)cc1OC. The number of sulfonamides is 2. The van der Waals surface area contributed by atoms with Crippen molar-refractivity contribution in [3.8, 4) is 11.5 Å². The molecule has 0 saturated carbocycles. The van der Waals surface area contributed by atoms with Crippen molar-refractivity contribution in [2.24, 2.45) is 5.14 Å². The maximum absolute atomic E-state index is 12.6. The molecule has 0 spiro atoms. The maximum atomic E-state index is 12.6. The van der Waals surface area contributed by atoms with Crippen LogP contribution in [0.5, 0.6) is 11.5 Å². The average molecular weight is 444 g/mol. The molecule has 12 heteroatoms. The van der Waals surface area contributed by atoms with Gasteiger partial charge in [-0.15, -0.1) is 0 Å². The van der Waals surface area contributed by atoms with Crippen molar-refractivity contribution in [1.82, 2.24) is 4.72 Å². The monoisotopic (exact) mass is 443 g/mol. The van der Waals surface area contributed by atoms with Crippen LogP contribution in [0, 0.1) is 0 Å². The van der Waals surface area contributed by atoms with Crippen LogP contribution in [0.3, 0.4) is 0 Å². The summed E-state index contributed by atoms with van der Waals surface area (Å²) in [5, 5.41) is 7.50. The summed E-state index contributed by atoms with van der Waals surface area (Å²) in [5.41, 5.74) is 0.277. The van der Waals surface area contributed by atoms with E-state index in [1.165, 1.54) is 63.6 Å². The van der Waals surface area contributed by atoms with Crippen LogP contribution in [0.2, 0.25) is 0 Å². The number of anilines is 1. The Hall–Kier alpha value is -2.67. The second-order valence-electron chi connectivity index (χ2n) is 5.92. The largest absolute Gasteiger partial charge is 0.493 e. The van der Waals surface area contributed by atoms with Crippen LogP contribution in [-0.2, 0) is 24.8 Å². The van der Waals surface area contributed by atoms with Gasteiger partial charge in [0.1, 0.15) is 0 Å². The second kappa shape index (κ2) is 8.78. The summed E-state index contributed by atoms with van der Waals surface area (Å²) < 4.78 is 60.0. The number of benzene rings is 2. The molecule has 0 heterocycles. The number of nitrogens with one attached hydrogen (secondary N) is 2. The van der Waals surface area contributed by atoms with Crippen molar-refractivity contribution >= 4 is 31.6 Å². The molecule has 0 aromatic heterocycles. The molecule has 158 valence electrons. The Labute approximate surface area is 169 Å². The molecular weight excluding hydrogens is 422 g/mol. The smallest absolute Gasteiger partial charge is 0.242 e. The topological polar surface area (TPSA) is 154 Å². The minimum Gasteiger partial charge on any atom is -0.493 e. The van der Waals surface area contributed by atoms with E-state index >= 15 is 0 Å². The van der Waals surface area contributed by atoms with Crippen molar-refractivity contribution in [3.05, 3.63) is 42.5 Å². The van der Waals surface area contributed by atoms with Crippen molar-refractivity contribution in [2.75, 3.05) is 19.5 Å². The fourth-order valence-electron chi connectivity index (χ4n) is 2.32. The number of amides is 1. The molecular formula is C17H21N3O7S2. The predicted octanol–water partition coefficient (Wildman–Crippen LogP) is 0.657. The van der Waals surface area contributed by atoms with E-state index in [1.807, 2.05) is 0 Å². The summed E-state index contributed by atoms with van der Waals surface area (Å²) in [6.45, 7) is 1.37. The zero-order valence-corrected chi connectivity index (χ0v) is 17.5. The lowest BCUT2D eigenvalue weighted by atomic mass is 10.3. The van der Waals surface area contributed by atoms with Gasteiger partial charge in [0.2, 0.25) is 26.0 Å². The fraction of sp³-hybridized carbons (Fsp3) is 0.235. The second-order valence-corrected chi connectivity index (χ2v) is 9.19. The van der Waals surface area contributed by atoms with Gasteiger partial charge in [-0.3, -0.25) is 4.79 Å². The summed E-state index contributed by atoms with van der Waals surface area (Å²) in [6, 6.07) is 8.04. The number of carbonyl (C=O) groups is 1. The first-order valence-electron chi connectivity index (χ1n) is 8.16. The van der Waals surface area contributed by atoms with Crippen molar-refractivity contribution in [1.29, 1.82) is 0 Å². The van der Waals surface area contributed by atoms with Gasteiger partial charge in [-0.25, -0.2) is 22.0 Å². The normalized spacial score (nSPS) is 12.8. The molecule has 2 aromatic carbocycles. The van der Waals surface area contributed by atoms with Crippen LogP contribution < -0.4 is 24.7 Å². The van der Waals surface area contributed by atoms with E-state index in [1.54, 1.807) is 0 Å². The van der Waals surface area contributed by atoms with Crippen molar-refractivity contribution < 1.29 is 31.1 Å². The van der Waals surface area contributed by atoms with Gasteiger partial charge in [0.05, 0.1) is 30.1 Å². The third kappa shape index (κ3) is 5.67. The van der Waals surface area contributed by atoms with Crippen molar-refractivity contribution in [3.63, 3.8) is 0 Å². The molecule has 0 aliphatic carbocycles. The Bertz CT molecular complexity index is 1100. The Morgan fingerprint density at radius 2 is 1.48 bits per heavy atom. The number of carbonyl (C=O) groups excluding carboxylic acids is 1. The summed E-state index contributed by atoms with van der Waals surface area (Å²) in [7, 11) is -5.08. The molecule has 29 heavy (non-hydrogen) atoms. The van der Waals surface area contributed by atoms with Crippen LogP contribution in [0.15, 0.2) is 52.3 Å². The Balaban J connectivity index is 2.12. The number of hydrogen-bond donors (Lipinski definition) is 3. The summed E-state index contributed by atoms with van der Waals surface area (Å²) in [4.78, 5) is 12.1. The third-order valence-corrected chi connectivity index (χ3v) is 6.31. The summed E-state index contributed by atoms with van der Waals surface area (Å²) in [6.07, 6.45) is 0. The van der Waals surface area contributed by atoms with E-state index in [9.17, 15) is 21.6 Å². The fourth-order valence-corrected chi connectivity index (χ4v) is 4.05. The lowest BCUT2D eigenvalue weighted by molar-refractivity contribution is -0.117. The van der Waals surface area contributed by atoms with Crippen LogP contribution in [-0.4, -0.2) is 43.0 Å². The predicted molar refractivity (Wildman–Crippen MR) is 106 cm³/mol. The highest BCUT2D eigenvalue weighted by molar-refractivity contribution is 7.89. The van der Waals surface area contributed by atoms with Crippen LogP contribution in [0.1, 0.15) is 6.92 Å². The van der Waals surface area contributed by atoms with Crippen LogP contribution in [0.4, 0.5) is 5.69 Å². The van der Waals surface area contributed by atoms with Gasteiger partial charge in [0.15, 0.2) is 11.5 Å². The Morgan fingerprint density at radius 1 is 0.931 bits per heavy atom. The molecule has 1 amide bonds. The molecule has 2 rings (SSSR count). The number of primary sulfonamides is 1. The molecule has 0 radical (unpaired) electrons. The molecule has 0 aliphatic rings. The highest BCUT2D eigenvalue weighted by Gasteiger charge is 2.23. The van der Waals surface area contributed by atoms with Gasteiger partial charge in [-0.2, -0.15) is 4.72 Å². The molecule has 4 N–H and O–H groups in total. The lowest BCUT2D eigenvalue weighted by Crippen LogP contribution is -2.41. The highest BCUT2D eigenvalue weighted by Crippen LogP contribution is 2.29. The van der Waals surface area contributed by atoms with Crippen LogP contribution >= 0.6 is 0 Å². The molecule has 0 aliphatic heterocycles. The van der Waals surface area contributed by atoms with Gasteiger partial charge in [0.25, 0.3) is 0 Å². The zero-order valence-electron chi connectivity index (χ0n) is 15.9. The van der Waals surface area contributed by atoms with E-state index in [-0.39, 0.29) is 21.2 Å². The standard InChI is InChI=1S/C17H21N3O7S2/c1-11(17(21)19-12-4-6-13(7-5-12)28(18,22)23)20-29(24,25)14-8-9-15(26-2)16(10-14)27-3/h4-11,20H,1-3H3,(H,19,21)(H2,18,22,23)/t11-/m0/s1. The first kappa shape index (κ1) is 22.6. The van der Waals surface area contributed by atoms with Gasteiger partial charge >= 0.3 is 0 Å². The molecule has 0 fully saturated rings. The summed E-state index contributed by atoms with van der Waals surface area (Å²) in [5.74, 6) is -0.0555. The number of hydrogen-bond acceptors (Lipinski definition) is 7. The molecule has 0 bridgehead atoms.